The Morgan fingerprint density at radius 3 is 2.38 bits per heavy atom. The summed E-state index contributed by atoms with van der Waals surface area (Å²) in [6.45, 7) is 8.76. The number of benzene rings is 3. The number of anilines is 1. The lowest BCUT2D eigenvalue weighted by atomic mass is 10.0. The topological polar surface area (TPSA) is 58.6 Å². The Labute approximate surface area is 201 Å². The molecule has 2 atom stereocenters. The van der Waals surface area contributed by atoms with Gasteiger partial charge < -0.3 is 15.0 Å². The molecule has 0 radical (unpaired) electrons. The van der Waals surface area contributed by atoms with E-state index >= 15 is 0 Å². The molecule has 3 aromatic rings. The van der Waals surface area contributed by atoms with Gasteiger partial charge in [-0.2, -0.15) is 0 Å². The Morgan fingerprint density at radius 1 is 1.00 bits per heavy atom. The smallest absolute Gasteiger partial charge is 0.229 e. The van der Waals surface area contributed by atoms with E-state index in [1.165, 1.54) is 0 Å². The molecule has 1 aliphatic heterocycles. The van der Waals surface area contributed by atoms with Gasteiger partial charge in [-0.25, -0.2) is 0 Å². The van der Waals surface area contributed by atoms with E-state index in [1.807, 2.05) is 74.5 Å². The van der Waals surface area contributed by atoms with Crippen molar-refractivity contribution in [2.45, 2.75) is 46.1 Å². The molecule has 1 fully saturated rings. The fourth-order valence-electron chi connectivity index (χ4n) is 4.38. The van der Waals surface area contributed by atoms with Crippen molar-refractivity contribution in [2.24, 2.45) is 5.92 Å². The molecule has 1 N–H and O–H groups in total. The quantitative estimate of drug-likeness (QED) is 0.444. The molecule has 3 aromatic carbocycles. The normalized spacial score (nSPS) is 16.6. The van der Waals surface area contributed by atoms with Gasteiger partial charge in [0.25, 0.3) is 0 Å². The predicted octanol–water partition coefficient (Wildman–Crippen LogP) is 6.46. The molecular formula is C29H32N2O3. The van der Waals surface area contributed by atoms with Crippen LogP contribution in [-0.4, -0.2) is 23.3 Å². The molecule has 176 valence electrons. The van der Waals surface area contributed by atoms with Gasteiger partial charge >= 0.3 is 0 Å². The molecule has 1 heterocycles. The number of carbonyl (C=O) groups excluding carboxylic acids is 2. The SMILES string of the molecule is Cc1ccc(C(C)C)c(Oc2ccc(NC(=O)[C@@H]3CC(=O)N([C@@H](C)c4ccccc4)C3)cc2)c1. The molecule has 0 aliphatic carbocycles. The van der Waals surface area contributed by atoms with E-state index in [1.54, 1.807) is 4.90 Å². The second-order valence-electron chi connectivity index (χ2n) is 9.35. The highest BCUT2D eigenvalue weighted by Gasteiger charge is 2.37. The lowest BCUT2D eigenvalue weighted by Gasteiger charge is -2.25. The molecule has 2 amide bonds. The van der Waals surface area contributed by atoms with Gasteiger partial charge in [0.15, 0.2) is 0 Å². The van der Waals surface area contributed by atoms with Crippen LogP contribution in [0.2, 0.25) is 0 Å². The zero-order chi connectivity index (χ0) is 24.2. The predicted molar refractivity (Wildman–Crippen MR) is 135 cm³/mol. The summed E-state index contributed by atoms with van der Waals surface area (Å²) < 4.78 is 6.14. The van der Waals surface area contributed by atoms with Crippen LogP contribution >= 0.6 is 0 Å². The van der Waals surface area contributed by atoms with E-state index in [0.29, 0.717) is 23.9 Å². The third kappa shape index (κ3) is 5.30. The van der Waals surface area contributed by atoms with Crippen molar-refractivity contribution in [3.63, 3.8) is 0 Å². The molecule has 0 unspecified atom stereocenters. The summed E-state index contributed by atoms with van der Waals surface area (Å²) in [5.74, 6) is 1.43. The van der Waals surface area contributed by atoms with Crippen LogP contribution in [0.15, 0.2) is 72.8 Å². The van der Waals surface area contributed by atoms with Crippen molar-refractivity contribution < 1.29 is 14.3 Å². The Hall–Kier alpha value is -3.60. The minimum Gasteiger partial charge on any atom is -0.457 e. The second-order valence-corrected chi connectivity index (χ2v) is 9.35. The maximum atomic E-state index is 12.9. The number of aryl methyl sites for hydroxylation is 1. The first-order valence-electron chi connectivity index (χ1n) is 11.9. The van der Waals surface area contributed by atoms with E-state index < -0.39 is 0 Å². The molecule has 5 heteroatoms. The van der Waals surface area contributed by atoms with Gasteiger partial charge in [0.2, 0.25) is 11.8 Å². The number of ether oxygens (including phenoxy) is 1. The average molecular weight is 457 g/mol. The summed E-state index contributed by atoms with van der Waals surface area (Å²) in [7, 11) is 0. The molecule has 5 nitrogen and oxygen atoms in total. The zero-order valence-electron chi connectivity index (χ0n) is 20.2. The molecule has 0 aromatic heterocycles. The minimum atomic E-state index is -0.365. The highest BCUT2D eigenvalue weighted by atomic mass is 16.5. The Morgan fingerprint density at radius 2 is 1.71 bits per heavy atom. The van der Waals surface area contributed by atoms with Crippen LogP contribution in [0.25, 0.3) is 0 Å². The van der Waals surface area contributed by atoms with Gasteiger partial charge in [0.1, 0.15) is 11.5 Å². The van der Waals surface area contributed by atoms with Crippen LogP contribution in [0.1, 0.15) is 55.8 Å². The number of carbonyl (C=O) groups is 2. The van der Waals surface area contributed by atoms with Gasteiger partial charge in [-0.15, -0.1) is 0 Å². The summed E-state index contributed by atoms with van der Waals surface area (Å²) in [6.07, 6.45) is 0.232. The number of hydrogen-bond donors (Lipinski definition) is 1. The number of hydrogen-bond acceptors (Lipinski definition) is 3. The first kappa shape index (κ1) is 23.6. The van der Waals surface area contributed by atoms with E-state index in [9.17, 15) is 9.59 Å². The highest BCUT2D eigenvalue weighted by Crippen LogP contribution is 2.32. The van der Waals surface area contributed by atoms with Crippen molar-refractivity contribution in [1.82, 2.24) is 4.90 Å². The van der Waals surface area contributed by atoms with Crippen LogP contribution in [0, 0.1) is 12.8 Å². The van der Waals surface area contributed by atoms with Crippen molar-refractivity contribution in [3.05, 3.63) is 89.5 Å². The first-order chi connectivity index (χ1) is 16.3. The summed E-state index contributed by atoms with van der Waals surface area (Å²) in [4.78, 5) is 27.3. The zero-order valence-corrected chi connectivity index (χ0v) is 20.2. The second kappa shape index (κ2) is 10.1. The number of likely N-dealkylation sites (tertiary alicyclic amines) is 1. The maximum Gasteiger partial charge on any atom is 0.229 e. The van der Waals surface area contributed by atoms with Crippen LogP contribution < -0.4 is 10.1 Å². The molecule has 0 spiro atoms. The summed E-state index contributed by atoms with van der Waals surface area (Å²) >= 11 is 0. The van der Waals surface area contributed by atoms with Crippen LogP contribution in [0.4, 0.5) is 5.69 Å². The number of nitrogens with zero attached hydrogens (tertiary/aromatic N) is 1. The van der Waals surface area contributed by atoms with Crippen molar-refractivity contribution in [1.29, 1.82) is 0 Å². The van der Waals surface area contributed by atoms with Crippen molar-refractivity contribution in [2.75, 3.05) is 11.9 Å². The summed E-state index contributed by atoms with van der Waals surface area (Å²) in [5.41, 5.74) is 4.06. The molecule has 1 saturated heterocycles. The number of rotatable bonds is 7. The fraction of sp³-hybridized carbons (Fsp3) is 0.310. The van der Waals surface area contributed by atoms with Crippen molar-refractivity contribution >= 4 is 17.5 Å². The van der Waals surface area contributed by atoms with Crippen LogP contribution in [0.3, 0.4) is 0 Å². The van der Waals surface area contributed by atoms with Gasteiger partial charge in [-0.3, -0.25) is 9.59 Å². The molecule has 0 saturated carbocycles. The molecular weight excluding hydrogens is 424 g/mol. The van der Waals surface area contributed by atoms with Crippen LogP contribution in [-0.2, 0) is 9.59 Å². The average Bonchev–Trinajstić information content (AvgIpc) is 3.22. The third-order valence-corrected chi connectivity index (χ3v) is 6.42. The van der Waals surface area contributed by atoms with Gasteiger partial charge in [-0.1, -0.05) is 56.3 Å². The monoisotopic (exact) mass is 456 g/mol. The number of nitrogens with one attached hydrogen (secondary N) is 1. The van der Waals surface area contributed by atoms with Gasteiger partial charge in [-0.05, 0) is 66.8 Å². The minimum absolute atomic E-state index is 0.0133. The van der Waals surface area contributed by atoms with Gasteiger partial charge in [0, 0.05) is 18.7 Å². The van der Waals surface area contributed by atoms with E-state index in [2.05, 4.69) is 31.3 Å². The highest BCUT2D eigenvalue weighted by molar-refractivity contribution is 5.97. The molecule has 1 aliphatic rings. The molecule has 4 rings (SSSR count). The van der Waals surface area contributed by atoms with Crippen molar-refractivity contribution in [3.8, 4) is 11.5 Å². The first-order valence-corrected chi connectivity index (χ1v) is 11.9. The van der Waals surface area contributed by atoms with E-state index in [-0.39, 0.29) is 30.2 Å². The maximum absolute atomic E-state index is 12.9. The Bertz CT molecular complexity index is 1160. The van der Waals surface area contributed by atoms with Crippen LogP contribution in [0.5, 0.6) is 11.5 Å². The fourth-order valence-corrected chi connectivity index (χ4v) is 4.38. The number of amides is 2. The summed E-state index contributed by atoms with van der Waals surface area (Å²) in [5, 5.41) is 2.96. The molecule has 0 bridgehead atoms. The van der Waals surface area contributed by atoms with E-state index in [0.717, 1.165) is 22.4 Å². The Kier molecular flexibility index (Phi) is 7.01. The third-order valence-electron chi connectivity index (χ3n) is 6.42. The van der Waals surface area contributed by atoms with E-state index in [4.69, 9.17) is 4.74 Å². The molecule has 34 heavy (non-hydrogen) atoms. The standard InChI is InChI=1S/C29H32N2O3/c1-19(2)26-15-10-20(3)16-27(26)34-25-13-11-24(12-14-25)30-29(33)23-17-28(32)31(18-23)21(4)22-8-6-5-7-9-22/h5-16,19,21,23H,17-18H2,1-4H3,(H,30,33)/t21-,23+/m0/s1. The van der Waals surface area contributed by atoms with Gasteiger partial charge in [0.05, 0.1) is 12.0 Å². The lowest BCUT2D eigenvalue weighted by Crippen LogP contribution is -2.30. The largest absolute Gasteiger partial charge is 0.457 e. The lowest BCUT2D eigenvalue weighted by molar-refractivity contribution is -0.129. The Balaban J connectivity index is 1.38. The summed E-state index contributed by atoms with van der Waals surface area (Å²) in [6, 6.07) is 23.5.